The Hall–Kier alpha value is -2.73. The van der Waals surface area contributed by atoms with Gasteiger partial charge in [-0.1, -0.05) is 18.2 Å². The Bertz CT molecular complexity index is 991. The number of pyridine rings is 1. The van der Waals surface area contributed by atoms with Crippen molar-refractivity contribution in [3.63, 3.8) is 0 Å². The highest BCUT2D eigenvalue weighted by Crippen LogP contribution is 2.38. The third-order valence-corrected chi connectivity index (χ3v) is 5.56. The largest absolute Gasteiger partial charge is 0.393 e. The highest BCUT2D eigenvalue weighted by Gasteiger charge is 2.35. The fraction of sp³-hybridized carbons (Fsp3) is 0.409. The van der Waals surface area contributed by atoms with E-state index in [1.165, 1.54) is 0 Å². The number of fused-ring (bicyclic) bond motifs is 1. The standard InChI is InChI=1S/C22H26N4O2/c1-14-9-15(2)26(25-14)8-7-21(28)24-22(17-11-19(27)12-17)18-10-16-5-3-4-6-20(16)23-13-18/h3-6,9-10,13,17,19,22,27H,7-8,11-12H2,1-2H3,(H,24,28). The van der Waals surface area contributed by atoms with Crippen molar-refractivity contribution < 1.29 is 9.90 Å². The van der Waals surface area contributed by atoms with E-state index in [9.17, 15) is 9.90 Å². The van der Waals surface area contributed by atoms with Crippen LogP contribution in [0.4, 0.5) is 0 Å². The van der Waals surface area contributed by atoms with E-state index in [4.69, 9.17) is 0 Å². The first-order valence-electron chi connectivity index (χ1n) is 9.83. The Balaban J connectivity index is 1.49. The van der Waals surface area contributed by atoms with E-state index < -0.39 is 0 Å². The van der Waals surface area contributed by atoms with Crippen LogP contribution in [0, 0.1) is 19.8 Å². The summed E-state index contributed by atoms with van der Waals surface area (Å²) in [7, 11) is 0. The molecule has 6 nitrogen and oxygen atoms in total. The topological polar surface area (TPSA) is 80.0 Å². The molecule has 1 aliphatic carbocycles. The van der Waals surface area contributed by atoms with Crippen molar-refractivity contribution in [2.45, 2.75) is 51.8 Å². The Kier molecular flexibility index (Phi) is 5.13. The van der Waals surface area contributed by atoms with Crippen LogP contribution < -0.4 is 5.32 Å². The number of aliphatic hydroxyl groups excluding tert-OH is 1. The van der Waals surface area contributed by atoms with Crippen LogP contribution in [-0.2, 0) is 11.3 Å². The van der Waals surface area contributed by atoms with Crippen molar-refractivity contribution in [3.8, 4) is 0 Å². The van der Waals surface area contributed by atoms with Crippen molar-refractivity contribution in [1.29, 1.82) is 0 Å². The predicted octanol–water partition coefficient (Wildman–Crippen LogP) is 3.07. The molecule has 1 saturated carbocycles. The number of aliphatic hydroxyl groups is 1. The maximum atomic E-state index is 12.7. The van der Waals surface area contributed by atoms with E-state index in [0.29, 0.717) is 25.8 Å². The Morgan fingerprint density at radius 2 is 2.07 bits per heavy atom. The smallest absolute Gasteiger partial charge is 0.222 e. The van der Waals surface area contributed by atoms with Gasteiger partial charge in [0.1, 0.15) is 0 Å². The predicted molar refractivity (Wildman–Crippen MR) is 108 cm³/mol. The zero-order valence-corrected chi connectivity index (χ0v) is 16.3. The van der Waals surface area contributed by atoms with Crippen LogP contribution in [0.25, 0.3) is 10.9 Å². The lowest BCUT2D eigenvalue weighted by Crippen LogP contribution is -2.41. The lowest BCUT2D eigenvalue weighted by atomic mass is 9.75. The number of para-hydroxylation sites is 1. The summed E-state index contributed by atoms with van der Waals surface area (Å²) < 4.78 is 1.87. The highest BCUT2D eigenvalue weighted by molar-refractivity contribution is 5.80. The van der Waals surface area contributed by atoms with Gasteiger partial charge >= 0.3 is 0 Å². The van der Waals surface area contributed by atoms with Gasteiger partial charge in [0.15, 0.2) is 0 Å². The molecule has 1 atom stereocenters. The van der Waals surface area contributed by atoms with Crippen LogP contribution >= 0.6 is 0 Å². The minimum atomic E-state index is -0.271. The minimum absolute atomic E-state index is 0.00731. The number of carbonyl (C=O) groups excluding carboxylic acids is 1. The van der Waals surface area contributed by atoms with Crippen LogP contribution in [-0.4, -0.2) is 31.9 Å². The van der Waals surface area contributed by atoms with E-state index in [0.717, 1.165) is 27.9 Å². The molecule has 1 aromatic carbocycles. The summed E-state index contributed by atoms with van der Waals surface area (Å²) >= 11 is 0. The fourth-order valence-electron chi connectivity index (χ4n) is 3.99. The number of amides is 1. The summed E-state index contributed by atoms with van der Waals surface area (Å²) in [5.41, 5.74) is 3.95. The summed E-state index contributed by atoms with van der Waals surface area (Å²) in [6, 6.07) is 11.9. The molecule has 6 heteroatoms. The molecule has 1 amide bonds. The van der Waals surface area contributed by atoms with Crippen molar-refractivity contribution in [2.75, 3.05) is 0 Å². The van der Waals surface area contributed by atoms with Crippen molar-refractivity contribution >= 4 is 16.8 Å². The normalized spacial score (nSPS) is 20.0. The second-order valence-electron chi connectivity index (χ2n) is 7.79. The number of hydrogen-bond donors (Lipinski definition) is 2. The first-order chi connectivity index (χ1) is 13.5. The summed E-state index contributed by atoms with van der Waals surface area (Å²) in [6.45, 7) is 4.51. The molecule has 28 heavy (non-hydrogen) atoms. The van der Waals surface area contributed by atoms with Crippen LogP contribution in [0.15, 0.2) is 42.6 Å². The summed E-state index contributed by atoms with van der Waals surface area (Å²) in [5.74, 6) is 0.225. The molecule has 1 fully saturated rings. The maximum absolute atomic E-state index is 12.7. The molecule has 1 unspecified atom stereocenters. The fourth-order valence-corrected chi connectivity index (χ4v) is 3.99. The van der Waals surface area contributed by atoms with E-state index in [1.54, 1.807) is 0 Å². The molecule has 0 bridgehead atoms. The number of carbonyl (C=O) groups is 1. The van der Waals surface area contributed by atoms with Crippen LogP contribution in [0.2, 0.25) is 0 Å². The van der Waals surface area contributed by atoms with E-state index >= 15 is 0 Å². The molecule has 0 radical (unpaired) electrons. The molecule has 0 saturated heterocycles. The Labute approximate surface area is 164 Å². The maximum Gasteiger partial charge on any atom is 0.222 e. The lowest BCUT2D eigenvalue weighted by molar-refractivity contribution is -0.123. The number of nitrogens with one attached hydrogen (secondary N) is 1. The third kappa shape index (κ3) is 3.92. The molecule has 146 valence electrons. The molecule has 2 heterocycles. The average Bonchev–Trinajstić information content (AvgIpc) is 2.99. The molecular weight excluding hydrogens is 352 g/mol. The second-order valence-corrected chi connectivity index (χ2v) is 7.79. The van der Waals surface area contributed by atoms with Gasteiger partial charge < -0.3 is 10.4 Å². The van der Waals surface area contributed by atoms with Gasteiger partial charge in [0.25, 0.3) is 0 Å². The van der Waals surface area contributed by atoms with Gasteiger partial charge in [0.05, 0.1) is 23.4 Å². The molecule has 4 rings (SSSR count). The number of benzene rings is 1. The zero-order valence-electron chi connectivity index (χ0n) is 16.3. The SMILES string of the molecule is Cc1cc(C)n(CCC(=O)NC(c2cnc3ccccc3c2)C2CC(O)C2)n1. The van der Waals surface area contributed by atoms with Gasteiger partial charge in [-0.05, 0) is 56.4 Å². The van der Waals surface area contributed by atoms with Crippen LogP contribution in [0.1, 0.15) is 42.3 Å². The average molecular weight is 378 g/mol. The molecule has 1 aliphatic rings. The van der Waals surface area contributed by atoms with Crippen molar-refractivity contribution in [1.82, 2.24) is 20.1 Å². The van der Waals surface area contributed by atoms with Gasteiger partial charge in [0, 0.05) is 30.2 Å². The van der Waals surface area contributed by atoms with Crippen molar-refractivity contribution in [3.05, 3.63) is 59.5 Å². The quantitative estimate of drug-likeness (QED) is 0.691. The summed E-state index contributed by atoms with van der Waals surface area (Å²) in [6.07, 6.45) is 3.35. The Morgan fingerprint density at radius 1 is 1.29 bits per heavy atom. The van der Waals surface area contributed by atoms with E-state index in [2.05, 4.69) is 21.5 Å². The number of rotatable bonds is 6. The number of aromatic nitrogens is 3. The molecule has 2 N–H and O–H groups in total. The van der Waals surface area contributed by atoms with Gasteiger partial charge in [-0.15, -0.1) is 0 Å². The van der Waals surface area contributed by atoms with E-state index in [-0.39, 0.29) is 24.0 Å². The monoisotopic (exact) mass is 378 g/mol. The molecule has 0 spiro atoms. The second kappa shape index (κ2) is 7.72. The van der Waals surface area contributed by atoms with Gasteiger partial charge in [0.2, 0.25) is 5.91 Å². The molecule has 3 aromatic rings. The number of aryl methyl sites for hydroxylation is 3. The van der Waals surface area contributed by atoms with Crippen molar-refractivity contribution in [2.24, 2.45) is 5.92 Å². The van der Waals surface area contributed by atoms with Crippen LogP contribution in [0.3, 0.4) is 0 Å². The minimum Gasteiger partial charge on any atom is -0.393 e. The van der Waals surface area contributed by atoms with Gasteiger partial charge in [-0.25, -0.2) is 0 Å². The molecular formula is C22H26N4O2. The number of nitrogens with zero attached hydrogens (tertiary/aromatic N) is 3. The first kappa shape index (κ1) is 18.6. The van der Waals surface area contributed by atoms with Gasteiger partial charge in [-0.3, -0.25) is 14.5 Å². The lowest BCUT2D eigenvalue weighted by Gasteiger charge is -2.38. The molecule has 0 aliphatic heterocycles. The Morgan fingerprint density at radius 3 is 2.79 bits per heavy atom. The number of hydrogen-bond acceptors (Lipinski definition) is 4. The summed E-state index contributed by atoms with van der Waals surface area (Å²) in [4.78, 5) is 17.2. The third-order valence-electron chi connectivity index (χ3n) is 5.56. The first-order valence-corrected chi connectivity index (χ1v) is 9.83. The summed E-state index contributed by atoms with van der Waals surface area (Å²) in [5, 5.41) is 18.4. The highest BCUT2D eigenvalue weighted by atomic mass is 16.3. The zero-order chi connectivity index (χ0) is 19.7. The van der Waals surface area contributed by atoms with Gasteiger partial charge in [-0.2, -0.15) is 5.10 Å². The van der Waals surface area contributed by atoms with Crippen LogP contribution in [0.5, 0.6) is 0 Å². The van der Waals surface area contributed by atoms with E-state index in [1.807, 2.05) is 55.1 Å². The molecule has 2 aromatic heterocycles.